The number of hydrogen-bond acceptors (Lipinski definition) is 3. The summed E-state index contributed by atoms with van der Waals surface area (Å²) in [6.07, 6.45) is 5.72. The van der Waals surface area contributed by atoms with Crippen molar-refractivity contribution in [2.45, 2.75) is 52.5 Å². The maximum atomic E-state index is 3.76. The second kappa shape index (κ2) is 7.43. The number of likely N-dealkylation sites (N-methyl/N-ethyl adjacent to an activating group) is 2. The highest BCUT2D eigenvalue weighted by Gasteiger charge is 2.29. The van der Waals surface area contributed by atoms with Crippen molar-refractivity contribution in [3.63, 3.8) is 0 Å². The van der Waals surface area contributed by atoms with Gasteiger partial charge in [-0.3, -0.25) is 4.90 Å². The lowest BCUT2D eigenvalue weighted by atomic mass is 9.70. The smallest absolute Gasteiger partial charge is 0.0345 e. The average Bonchev–Trinajstić information content (AvgIpc) is 2.42. The molecule has 2 aliphatic rings. The van der Waals surface area contributed by atoms with Gasteiger partial charge in [0.15, 0.2) is 0 Å². The summed E-state index contributed by atoms with van der Waals surface area (Å²) in [7, 11) is 4.52. The van der Waals surface area contributed by atoms with E-state index in [1.54, 1.807) is 0 Å². The van der Waals surface area contributed by atoms with Crippen LogP contribution in [0.5, 0.6) is 0 Å². The molecule has 0 aromatic carbocycles. The molecule has 1 saturated carbocycles. The highest BCUT2D eigenvalue weighted by molar-refractivity contribution is 4.83. The molecule has 1 saturated heterocycles. The van der Waals surface area contributed by atoms with E-state index in [0.717, 1.165) is 18.4 Å². The minimum absolute atomic E-state index is 0.508. The molecule has 124 valence electrons. The van der Waals surface area contributed by atoms with Crippen LogP contribution in [0.4, 0.5) is 0 Å². The predicted molar refractivity (Wildman–Crippen MR) is 91.7 cm³/mol. The first-order valence-electron chi connectivity index (χ1n) is 8.95. The Kier molecular flexibility index (Phi) is 6.10. The predicted octanol–water partition coefficient (Wildman–Crippen LogP) is 2.67. The molecule has 3 heteroatoms. The van der Waals surface area contributed by atoms with Crippen molar-refractivity contribution in [2.75, 3.05) is 46.8 Å². The van der Waals surface area contributed by atoms with Crippen molar-refractivity contribution in [1.82, 2.24) is 15.1 Å². The molecule has 2 fully saturated rings. The lowest BCUT2D eigenvalue weighted by molar-refractivity contribution is 0.110. The maximum Gasteiger partial charge on any atom is 0.0345 e. The van der Waals surface area contributed by atoms with Gasteiger partial charge in [0.1, 0.15) is 0 Å². The van der Waals surface area contributed by atoms with Crippen molar-refractivity contribution in [2.24, 2.45) is 17.3 Å². The highest BCUT2D eigenvalue weighted by atomic mass is 15.3. The quantitative estimate of drug-likeness (QED) is 0.860. The Morgan fingerprint density at radius 3 is 2.24 bits per heavy atom. The summed E-state index contributed by atoms with van der Waals surface area (Å²) in [5.41, 5.74) is 0.508. The summed E-state index contributed by atoms with van der Waals surface area (Å²) < 4.78 is 0. The lowest BCUT2D eigenvalue weighted by Gasteiger charge is -2.39. The zero-order valence-electron chi connectivity index (χ0n) is 15.0. The fraction of sp³-hybridized carbons (Fsp3) is 1.00. The fourth-order valence-electron chi connectivity index (χ4n) is 4.01. The Balaban J connectivity index is 1.64. The lowest BCUT2D eigenvalue weighted by Crippen LogP contribution is -2.54. The van der Waals surface area contributed by atoms with Gasteiger partial charge >= 0.3 is 0 Å². The number of piperazine rings is 1. The molecule has 1 atom stereocenters. The zero-order valence-corrected chi connectivity index (χ0v) is 15.0. The van der Waals surface area contributed by atoms with Crippen LogP contribution in [-0.4, -0.2) is 62.7 Å². The van der Waals surface area contributed by atoms with Gasteiger partial charge in [-0.1, -0.05) is 20.8 Å². The van der Waals surface area contributed by atoms with Gasteiger partial charge in [0.2, 0.25) is 0 Å². The van der Waals surface area contributed by atoms with Gasteiger partial charge in [-0.25, -0.2) is 0 Å². The van der Waals surface area contributed by atoms with Crippen molar-refractivity contribution in [3.05, 3.63) is 0 Å². The van der Waals surface area contributed by atoms with E-state index in [2.05, 4.69) is 50.0 Å². The van der Waals surface area contributed by atoms with Crippen LogP contribution in [-0.2, 0) is 0 Å². The van der Waals surface area contributed by atoms with E-state index in [1.165, 1.54) is 51.9 Å². The molecule has 0 spiro atoms. The molecule has 2 rings (SSSR count). The van der Waals surface area contributed by atoms with E-state index in [1.807, 2.05) is 0 Å². The Hall–Kier alpha value is -0.120. The third-order valence-corrected chi connectivity index (χ3v) is 5.86. The normalized spacial score (nSPS) is 33.3. The molecular weight excluding hydrogens is 258 g/mol. The van der Waals surface area contributed by atoms with E-state index in [-0.39, 0.29) is 0 Å². The van der Waals surface area contributed by atoms with Crippen LogP contribution in [0.25, 0.3) is 0 Å². The van der Waals surface area contributed by atoms with Gasteiger partial charge in [-0.2, -0.15) is 0 Å². The van der Waals surface area contributed by atoms with Crippen molar-refractivity contribution in [3.8, 4) is 0 Å². The van der Waals surface area contributed by atoms with Gasteiger partial charge in [-0.15, -0.1) is 0 Å². The molecule has 1 N–H and O–H groups in total. The van der Waals surface area contributed by atoms with Crippen molar-refractivity contribution >= 4 is 0 Å². The van der Waals surface area contributed by atoms with Crippen LogP contribution in [0.1, 0.15) is 46.5 Å². The van der Waals surface area contributed by atoms with E-state index < -0.39 is 0 Å². The average molecular weight is 296 g/mol. The van der Waals surface area contributed by atoms with Crippen LogP contribution in [0.2, 0.25) is 0 Å². The number of nitrogens with zero attached hydrogens (tertiary/aromatic N) is 2. The topological polar surface area (TPSA) is 18.5 Å². The number of rotatable bonds is 4. The van der Waals surface area contributed by atoms with Crippen LogP contribution in [0.3, 0.4) is 0 Å². The minimum Gasteiger partial charge on any atom is -0.315 e. The second-order valence-electron chi connectivity index (χ2n) is 8.64. The van der Waals surface area contributed by atoms with Crippen LogP contribution >= 0.6 is 0 Å². The second-order valence-corrected chi connectivity index (χ2v) is 8.64. The Morgan fingerprint density at radius 2 is 1.62 bits per heavy atom. The molecule has 21 heavy (non-hydrogen) atoms. The van der Waals surface area contributed by atoms with Crippen molar-refractivity contribution in [1.29, 1.82) is 0 Å². The standard InChI is InChI=1S/C18H37N3/c1-18(2,3)16-8-6-15(7-9-16)12-19-13-17-14-20(4)10-11-21(17)5/h15-17,19H,6-14H2,1-5H3. The van der Waals surface area contributed by atoms with Crippen molar-refractivity contribution < 1.29 is 0 Å². The molecular formula is C18H37N3. The van der Waals surface area contributed by atoms with E-state index in [9.17, 15) is 0 Å². The van der Waals surface area contributed by atoms with Gasteiger partial charge in [-0.05, 0) is 63.6 Å². The summed E-state index contributed by atoms with van der Waals surface area (Å²) in [5, 5.41) is 3.76. The van der Waals surface area contributed by atoms with Crippen LogP contribution < -0.4 is 5.32 Å². The van der Waals surface area contributed by atoms with E-state index >= 15 is 0 Å². The molecule has 0 aromatic rings. The number of hydrogen-bond donors (Lipinski definition) is 1. The fourth-order valence-corrected chi connectivity index (χ4v) is 4.01. The summed E-state index contributed by atoms with van der Waals surface area (Å²) in [6.45, 7) is 13.2. The first-order chi connectivity index (χ1) is 9.86. The largest absolute Gasteiger partial charge is 0.315 e. The Bertz CT molecular complexity index is 302. The summed E-state index contributed by atoms with van der Waals surface area (Å²) in [5.74, 6) is 1.85. The molecule has 1 unspecified atom stereocenters. The molecule has 1 heterocycles. The summed E-state index contributed by atoms with van der Waals surface area (Å²) in [4.78, 5) is 4.98. The molecule has 3 nitrogen and oxygen atoms in total. The highest BCUT2D eigenvalue weighted by Crippen LogP contribution is 2.39. The van der Waals surface area contributed by atoms with Crippen LogP contribution in [0, 0.1) is 17.3 Å². The van der Waals surface area contributed by atoms with E-state index in [4.69, 9.17) is 0 Å². The Labute approximate surface area is 132 Å². The first kappa shape index (κ1) is 17.2. The molecule has 0 bridgehead atoms. The maximum absolute atomic E-state index is 3.76. The van der Waals surface area contributed by atoms with Gasteiger partial charge in [0.25, 0.3) is 0 Å². The number of nitrogens with one attached hydrogen (secondary N) is 1. The minimum atomic E-state index is 0.508. The zero-order chi connectivity index (χ0) is 15.5. The molecule has 0 radical (unpaired) electrons. The van der Waals surface area contributed by atoms with Gasteiger partial charge in [0.05, 0.1) is 0 Å². The SMILES string of the molecule is CN1CCN(C)C(CNCC2CCC(C(C)(C)C)CC2)C1. The monoisotopic (exact) mass is 295 g/mol. The first-order valence-corrected chi connectivity index (χ1v) is 8.95. The van der Waals surface area contributed by atoms with Crippen LogP contribution in [0.15, 0.2) is 0 Å². The molecule has 1 aliphatic heterocycles. The third-order valence-electron chi connectivity index (χ3n) is 5.86. The molecule has 0 aromatic heterocycles. The molecule has 1 aliphatic carbocycles. The molecule has 0 amide bonds. The van der Waals surface area contributed by atoms with Gasteiger partial charge < -0.3 is 10.2 Å². The van der Waals surface area contributed by atoms with Gasteiger partial charge in [0, 0.05) is 32.2 Å². The Morgan fingerprint density at radius 1 is 0.952 bits per heavy atom. The summed E-state index contributed by atoms with van der Waals surface area (Å²) in [6, 6.07) is 0.690. The third kappa shape index (κ3) is 5.22. The van der Waals surface area contributed by atoms with E-state index in [0.29, 0.717) is 11.5 Å². The summed E-state index contributed by atoms with van der Waals surface area (Å²) >= 11 is 0.